The summed E-state index contributed by atoms with van der Waals surface area (Å²) in [6.07, 6.45) is 2.36. The first kappa shape index (κ1) is 22.5. The zero-order valence-corrected chi connectivity index (χ0v) is 18.4. The molecule has 1 aromatic heterocycles. The maximum absolute atomic E-state index is 6.16. The van der Waals surface area contributed by atoms with Gasteiger partial charge in [0.1, 0.15) is 30.5 Å². The Bertz CT molecular complexity index is 693. The third kappa shape index (κ3) is 6.99. The number of nitrogens with zero attached hydrogens (tertiary/aromatic N) is 4. The van der Waals surface area contributed by atoms with Crippen LogP contribution in [0.4, 0.5) is 0 Å². The number of guanidine groups is 1. The van der Waals surface area contributed by atoms with Gasteiger partial charge in [-0.15, -0.1) is 24.0 Å². The van der Waals surface area contributed by atoms with Crippen LogP contribution in [0.5, 0.6) is 5.75 Å². The highest BCUT2D eigenvalue weighted by Crippen LogP contribution is 2.24. The maximum atomic E-state index is 6.16. The van der Waals surface area contributed by atoms with E-state index in [1.165, 1.54) is 6.33 Å². The Kier molecular flexibility index (Phi) is 10.3. The van der Waals surface area contributed by atoms with Gasteiger partial charge in [0.25, 0.3) is 0 Å². The van der Waals surface area contributed by atoms with Crippen LogP contribution in [0.15, 0.2) is 35.6 Å². The van der Waals surface area contributed by atoms with Crippen LogP contribution in [0.2, 0.25) is 5.02 Å². The van der Waals surface area contributed by atoms with E-state index in [4.69, 9.17) is 16.3 Å². The molecule has 0 aliphatic carbocycles. The van der Waals surface area contributed by atoms with Crippen molar-refractivity contribution in [2.75, 3.05) is 13.1 Å². The molecule has 0 saturated carbocycles. The average molecular weight is 493 g/mol. The number of rotatable bonds is 8. The second-order valence-electron chi connectivity index (χ2n) is 5.45. The van der Waals surface area contributed by atoms with Gasteiger partial charge in [-0.3, -0.25) is 4.68 Å². The van der Waals surface area contributed by atoms with Crippen LogP contribution in [0.3, 0.4) is 0 Å². The van der Waals surface area contributed by atoms with Gasteiger partial charge in [0.15, 0.2) is 5.96 Å². The molecule has 2 N–H and O–H groups in total. The number of aromatic nitrogens is 3. The van der Waals surface area contributed by atoms with E-state index < -0.39 is 0 Å². The van der Waals surface area contributed by atoms with E-state index >= 15 is 0 Å². The number of hydrogen-bond donors (Lipinski definition) is 2. The summed E-state index contributed by atoms with van der Waals surface area (Å²) in [4.78, 5) is 8.71. The zero-order chi connectivity index (χ0) is 18.1. The number of nitrogens with one attached hydrogen (secondary N) is 2. The van der Waals surface area contributed by atoms with Gasteiger partial charge in [0.2, 0.25) is 0 Å². The fourth-order valence-electron chi connectivity index (χ4n) is 2.15. The lowest BCUT2D eigenvalue weighted by Crippen LogP contribution is -2.42. The van der Waals surface area contributed by atoms with E-state index in [0.717, 1.165) is 18.8 Å². The van der Waals surface area contributed by atoms with Crippen LogP contribution in [0.25, 0.3) is 0 Å². The van der Waals surface area contributed by atoms with Gasteiger partial charge in [0, 0.05) is 13.6 Å². The van der Waals surface area contributed by atoms with Gasteiger partial charge in [0.05, 0.1) is 11.6 Å². The number of benzene rings is 1. The molecule has 0 amide bonds. The zero-order valence-electron chi connectivity index (χ0n) is 15.3. The number of halogens is 2. The predicted octanol–water partition coefficient (Wildman–Crippen LogP) is 3.00. The SMILES string of the molecule is CCNC(=NCc1ncnn1C)NCC(CC)Oc1ccccc1Cl.I. The maximum Gasteiger partial charge on any atom is 0.191 e. The van der Waals surface area contributed by atoms with Crippen molar-refractivity contribution in [2.45, 2.75) is 32.9 Å². The van der Waals surface area contributed by atoms with Crippen LogP contribution in [0.1, 0.15) is 26.1 Å². The molecule has 1 atom stereocenters. The molecule has 0 spiro atoms. The van der Waals surface area contributed by atoms with Gasteiger partial charge in [-0.25, -0.2) is 9.98 Å². The van der Waals surface area contributed by atoms with Crippen LogP contribution < -0.4 is 15.4 Å². The first-order valence-electron chi connectivity index (χ1n) is 8.40. The Morgan fingerprint density at radius 2 is 2.08 bits per heavy atom. The summed E-state index contributed by atoms with van der Waals surface area (Å²) in [6, 6.07) is 7.49. The predicted molar refractivity (Wildman–Crippen MR) is 115 cm³/mol. The van der Waals surface area contributed by atoms with Crippen molar-refractivity contribution in [3.05, 3.63) is 41.4 Å². The van der Waals surface area contributed by atoms with Crippen molar-refractivity contribution in [1.29, 1.82) is 0 Å². The minimum absolute atomic E-state index is 0. The van der Waals surface area contributed by atoms with E-state index in [1.807, 2.05) is 38.2 Å². The molecule has 0 radical (unpaired) electrons. The number of hydrogen-bond acceptors (Lipinski definition) is 4. The van der Waals surface area contributed by atoms with Crippen molar-refractivity contribution in [1.82, 2.24) is 25.4 Å². The molecular weight excluding hydrogens is 467 g/mol. The average Bonchev–Trinajstić information content (AvgIpc) is 3.02. The summed E-state index contributed by atoms with van der Waals surface area (Å²) in [6.45, 7) is 5.94. The number of para-hydroxylation sites is 1. The minimum Gasteiger partial charge on any atom is -0.487 e. The Hall–Kier alpha value is -1.55. The molecule has 1 heterocycles. The summed E-state index contributed by atoms with van der Waals surface area (Å²) in [5.74, 6) is 2.21. The van der Waals surface area contributed by atoms with E-state index in [1.54, 1.807) is 4.68 Å². The monoisotopic (exact) mass is 492 g/mol. The molecule has 9 heteroatoms. The summed E-state index contributed by atoms with van der Waals surface area (Å²) in [7, 11) is 1.85. The molecule has 26 heavy (non-hydrogen) atoms. The topological polar surface area (TPSA) is 76.4 Å². The summed E-state index contributed by atoms with van der Waals surface area (Å²) < 4.78 is 7.70. The second kappa shape index (κ2) is 11.9. The molecule has 2 rings (SSSR count). The van der Waals surface area contributed by atoms with Gasteiger partial charge in [-0.05, 0) is 25.5 Å². The van der Waals surface area contributed by atoms with Crippen molar-refractivity contribution < 1.29 is 4.74 Å². The summed E-state index contributed by atoms with van der Waals surface area (Å²) in [5.41, 5.74) is 0. The van der Waals surface area contributed by atoms with Gasteiger partial charge >= 0.3 is 0 Å². The lowest BCUT2D eigenvalue weighted by atomic mass is 10.2. The third-order valence-electron chi connectivity index (χ3n) is 3.61. The fraction of sp³-hybridized carbons (Fsp3) is 0.471. The Morgan fingerprint density at radius 1 is 1.31 bits per heavy atom. The molecular formula is C17H26ClIN6O. The van der Waals surface area contributed by atoms with Crippen molar-refractivity contribution >= 4 is 41.5 Å². The van der Waals surface area contributed by atoms with E-state index in [2.05, 4.69) is 32.6 Å². The quantitative estimate of drug-likeness (QED) is 0.337. The van der Waals surface area contributed by atoms with E-state index in [0.29, 0.717) is 29.8 Å². The molecule has 2 aromatic rings. The Morgan fingerprint density at radius 3 is 2.69 bits per heavy atom. The summed E-state index contributed by atoms with van der Waals surface area (Å²) in [5, 5.41) is 11.2. The highest BCUT2D eigenvalue weighted by atomic mass is 127. The Labute approximate surface area is 176 Å². The second-order valence-corrected chi connectivity index (χ2v) is 5.86. The summed E-state index contributed by atoms with van der Waals surface area (Å²) >= 11 is 6.16. The molecule has 144 valence electrons. The smallest absolute Gasteiger partial charge is 0.191 e. The van der Waals surface area contributed by atoms with Gasteiger partial charge in [-0.2, -0.15) is 5.10 Å². The molecule has 0 aliphatic heterocycles. The lowest BCUT2D eigenvalue weighted by Gasteiger charge is -2.20. The molecule has 1 aromatic carbocycles. The fourth-order valence-corrected chi connectivity index (χ4v) is 2.33. The first-order valence-corrected chi connectivity index (χ1v) is 8.78. The third-order valence-corrected chi connectivity index (χ3v) is 3.92. The van der Waals surface area contributed by atoms with Crippen molar-refractivity contribution in [3.63, 3.8) is 0 Å². The normalized spacial score (nSPS) is 12.2. The molecule has 0 aliphatic rings. The van der Waals surface area contributed by atoms with Crippen LogP contribution in [-0.4, -0.2) is 39.9 Å². The van der Waals surface area contributed by atoms with Crippen molar-refractivity contribution in [3.8, 4) is 5.75 Å². The molecule has 7 nitrogen and oxygen atoms in total. The molecule has 0 fully saturated rings. The highest BCUT2D eigenvalue weighted by Gasteiger charge is 2.11. The van der Waals surface area contributed by atoms with Crippen LogP contribution in [-0.2, 0) is 13.6 Å². The molecule has 0 bridgehead atoms. The number of aryl methyl sites for hydroxylation is 1. The van der Waals surface area contributed by atoms with Crippen LogP contribution >= 0.6 is 35.6 Å². The molecule has 1 unspecified atom stereocenters. The minimum atomic E-state index is -0.0152. The Balaban J connectivity index is 0.00000338. The van der Waals surface area contributed by atoms with Crippen LogP contribution in [0, 0.1) is 0 Å². The van der Waals surface area contributed by atoms with Gasteiger partial charge in [-0.1, -0.05) is 30.7 Å². The lowest BCUT2D eigenvalue weighted by molar-refractivity contribution is 0.199. The van der Waals surface area contributed by atoms with Crippen molar-refractivity contribution in [2.24, 2.45) is 12.0 Å². The standard InChI is InChI=1S/C17H25ClN6O.HI/c1-4-13(25-15-9-7-6-8-14(15)18)10-20-17(19-5-2)21-11-16-22-12-23-24(16)3;/h6-9,12-13H,4-5,10-11H2,1-3H3,(H2,19,20,21);1H. The van der Waals surface area contributed by atoms with E-state index in [9.17, 15) is 0 Å². The highest BCUT2D eigenvalue weighted by molar-refractivity contribution is 14.0. The largest absolute Gasteiger partial charge is 0.487 e. The first-order chi connectivity index (χ1) is 12.1. The number of ether oxygens (including phenoxy) is 1. The van der Waals surface area contributed by atoms with Gasteiger partial charge < -0.3 is 15.4 Å². The number of aliphatic imine (C=N–C) groups is 1. The van der Waals surface area contributed by atoms with E-state index in [-0.39, 0.29) is 30.1 Å². The molecule has 0 saturated heterocycles.